The predicted molar refractivity (Wildman–Crippen MR) is 132 cm³/mol. The van der Waals surface area contributed by atoms with Gasteiger partial charge in [-0.1, -0.05) is 36.4 Å². The van der Waals surface area contributed by atoms with Gasteiger partial charge in [-0.15, -0.1) is 12.4 Å². The second-order valence-corrected chi connectivity index (χ2v) is 8.51. The van der Waals surface area contributed by atoms with Gasteiger partial charge < -0.3 is 15.5 Å². The number of para-hydroxylation sites is 1. The van der Waals surface area contributed by atoms with Crippen molar-refractivity contribution >= 4 is 29.7 Å². The summed E-state index contributed by atoms with van der Waals surface area (Å²) in [6, 6.07) is 20.6. The highest BCUT2D eigenvalue weighted by atomic mass is 35.5. The topological polar surface area (TPSA) is 44.4 Å². The van der Waals surface area contributed by atoms with Gasteiger partial charge in [0.1, 0.15) is 0 Å². The quantitative estimate of drug-likeness (QED) is 0.422. The Morgan fingerprint density at radius 3 is 2.38 bits per heavy atom. The largest absolute Gasteiger partial charge is 0.416 e. The Bertz CT molecular complexity index is 1130. The maximum atomic E-state index is 12.9. The molecule has 0 aromatic heterocycles. The molecule has 0 heterocycles. The molecule has 0 unspecified atom stereocenters. The van der Waals surface area contributed by atoms with E-state index in [2.05, 4.69) is 27.7 Å². The molecule has 3 aromatic rings. The number of carbonyl (C=O) groups is 1. The van der Waals surface area contributed by atoms with Crippen LogP contribution in [0.15, 0.2) is 72.8 Å². The summed E-state index contributed by atoms with van der Waals surface area (Å²) < 4.78 is 38.6. The number of halogens is 4. The summed E-state index contributed by atoms with van der Waals surface area (Å²) in [4.78, 5) is 14.5. The summed E-state index contributed by atoms with van der Waals surface area (Å²) in [5.41, 5.74) is 3.30. The van der Waals surface area contributed by atoms with Crippen molar-refractivity contribution in [1.82, 2.24) is 5.32 Å². The number of nitrogens with zero attached hydrogens (tertiary/aromatic N) is 1. The first-order valence-electron chi connectivity index (χ1n) is 10.8. The number of amides is 1. The van der Waals surface area contributed by atoms with E-state index in [1.807, 2.05) is 38.4 Å². The number of benzene rings is 3. The molecule has 8 heteroatoms. The molecule has 3 aromatic carbocycles. The lowest BCUT2D eigenvalue weighted by molar-refractivity contribution is -0.137. The molecule has 0 spiro atoms. The van der Waals surface area contributed by atoms with Gasteiger partial charge in [0.25, 0.3) is 5.91 Å². The molecular formula is C26H27ClF3N3O. The van der Waals surface area contributed by atoms with Crippen molar-refractivity contribution in [2.75, 3.05) is 24.3 Å². The summed E-state index contributed by atoms with van der Waals surface area (Å²) in [5, 5.41) is 6.29. The van der Waals surface area contributed by atoms with E-state index in [9.17, 15) is 18.0 Å². The number of alkyl halides is 3. The third-order valence-electron chi connectivity index (χ3n) is 5.87. The molecule has 4 nitrogen and oxygen atoms in total. The first-order chi connectivity index (χ1) is 15.7. The summed E-state index contributed by atoms with van der Waals surface area (Å²) in [6.07, 6.45) is -3.44. The first-order valence-corrected chi connectivity index (χ1v) is 10.8. The molecule has 0 aliphatic heterocycles. The maximum Gasteiger partial charge on any atom is 0.416 e. The monoisotopic (exact) mass is 489 g/mol. The first kappa shape index (κ1) is 25.6. The van der Waals surface area contributed by atoms with Crippen LogP contribution in [-0.4, -0.2) is 26.0 Å². The van der Waals surface area contributed by atoms with Gasteiger partial charge in [0.2, 0.25) is 0 Å². The lowest BCUT2D eigenvalue weighted by Gasteiger charge is -2.17. The molecule has 1 saturated carbocycles. The summed E-state index contributed by atoms with van der Waals surface area (Å²) >= 11 is 0. The highest BCUT2D eigenvalue weighted by Crippen LogP contribution is 2.41. The third kappa shape index (κ3) is 6.10. The lowest BCUT2D eigenvalue weighted by atomic mass is 10.1. The fourth-order valence-electron chi connectivity index (χ4n) is 3.98. The summed E-state index contributed by atoms with van der Waals surface area (Å²) in [5.74, 6) is -0.163. The van der Waals surface area contributed by atoms with E-state index in [0.717, 1.165) is 25.1 Å². The van der Waals surface area contributed by atoms with Gasteiger partial charge in [-0.25, -0.2) is 0 Å². The van der Waals surface area contributed by atoms with Gasteiger partial charge in [0.05, 0.1) is 5.56 Å². The van der Waals surface area contributed by atoms with Gasteiger partial charge in [0.15, 0.2) is 0 Å². The Kier molecular flexibility index (Phi) is 7.89. The van der Waals surface area contributed by atoms with Crippen molar-refractivity contribution < 1.29 is 18.0 Å². The number of hydrogen-bond donors (Lipinski definition) is 2. The van der Waals surface area contributed by atoms with E-state index in [1.165, 1.54) is 28.9 Å². The van der Waals surface area contributed by atoms with E-state index in [4.69, 9.17) is 0 Å². The number of nitrogens with one attached hydrogen (secondary N) is 2. The molecule has 0 saturated heterocycles. The Hall–Kier alpha value is -3.03. The minimum atomic E-state index is -4.48. The second kappa shape index (κ2) is 10.5. The molecule has 1 fully saturated rings. The van der Waals surface area contributed by atoms with Crippen LogP contribution in [-0.2, 0) is 12.7 Å². The van der Waals surface area contributed by atoms with Crippen LogP contribution in [0.5, 0.6) is 0 Å². The van der Waals surface area contributed by atoms with E-state index < -0.39 is 17.6 Å². The van der Waals surface area contributed by atoms with Gasteiger partial charge in [0, 0.05) is 49.5 Å². The minimum Gasteiger partial charge on any atom is -0.377 e. The Morgan fingerprint density at radius 2 is 1.71 bits per heavy atom. The Labute approximate surface area is 203 Å². The molecule has 180 valence electrons. The molecule has 1 aliphatic rings. The zero-order valence-corrected chi connectivity index (χ0v) is 19.7. The zero-order chi connectivity index (χ0) is 23.6. The van der Waals surface area contributed by atoms with Gasteiger partial charge in [-0.3, -0.25) is 4.79 Å². The van der Waals surface area contributed by atoms with Crippen LogP contribution in [0.2, 0.25) is 0 Å². The normalized spacial score (nSPS) is 17.0. The van der Waals surface area contributed by atoms with Crippen molar-refractivity contribution in [2.24, 2.45) is 0 Å². The molecule has 1 aliphatic carbocycles. The van der Waals surface area contributed by atoms with Crippen molar-refractivity contribution in [2.45, 2.75) is 31.1 Å². The van der Waals surface area contributed by atoms with Crippen molar-refractivity contribution in [3.63, 3.8) is 0 Å². The molecule has 0 bridgehead atoms. The minimum absolute atomic E-state index is 0. The molecule has 2 atom stereocenters. The van der Waals surface area contributed by atoms with Crippen molar-refractivity contribution in [3.8, 4) is 0 Å². The van der Waals surface area contributed by atoms with Crippen LogP contribution in [0, 0.1) is 0 Å². The van der Waals surface area contributed by atoms with E-state index in [-0.39, 0.29) is 18.0 Å². The molecule has 4 rings (SSSR count). The maximum absolute atomic E-state index is 12.9. The van der Waals surface area contributed by atoms with Crippen LogP contribution in [0.3, 0.4) is 0 Å². The summed E-state index contributed by atoms with van der Waals surface area (Å²) in [7, 11) is 4.07. The van der Waals surface area contributed by atoms with Gasteiger partial charge >= 0.3 is 6.18 Å². The highest BCUT2D eigenvalue weighted by molar-refractivity contribution is 6.04. The lowest BCUT2D eigenvalue weighted by Crippen LogP contribution is -2.20. The number of carbonyl (C=O) groups excluding carboxylic acids is 1. The number of anilines is 2. The van der Waals surface area contributed by atoms with Crippen LogP contribution in [0.1, 0.15) is 39.4 Å². The van der Waals surface area contributed by atoms with E-state index >= 15 is 0 Å². The van der Waals surface area contributed by atoms with Crippen LogP contribution in [0.25, 0.3) is 0 Å². The average Bonchev–Trinajstić information content (AvgIpc) is 3.57. The molecular weight excluding hydrogens is 463 g/mol. The van der Waals surface area contributed by atoms with Gasteiger partial charge in [-0.2, -0.15) is 13.2 Å². The van der Waals surface area contributed by atoms with Crippen LogP contribution >= 0.6 is 12.4 Å². The Morgan fingerprint density at radius 1 is 1.00 bits per heavy atom. The third-order valence-corrected chi connectivity index (χ3v) is 5.87. The van der Waals surface area contributed by atoms with E-state index in [0.29, 0.717) is 17.6 Å². The number of rotatable bonds is 7. The van der Waals surface area contributed by atoms with Crippen LogP contribution in [0.4, 0.5) is 24.5 Å². The van der Waals surface area contributed by atoms with Crippen LogP contribution < -0.4 is 15.5 Å². The van der Waals surface area contributed by atoms with Gasteiger partial charge in [-0.05, 0) is 53.9 Å². The fourth-order valence-corrected chi connectivity index (χ4v) is 3.98. The van der Waals surface area contributed by atoms with Crippen molar-refractivity contribution in [3.05, 3.63) is 95.1 Å². The average molecular weight is 490 g/mol. The van der Waals surface area contributed by atoms with E-state index in [1.54, 1.807) is 12.1 Å². The second-order valence-electron chi connectivity index (χ2n) is 8.51. The number of hydrogen-bond acceptors (Lipinski definition) is 3. The highest BCUT2D eigenvalue weighted by Gasteiger charge is 2.37. The molecule has 0 radical (unpaired) electrons. The summed E-state index contributed by atoms with van der Waals surface area (Å²) in [6.45, 7) is 0.792. The predicted octanol–water partition coefficient (Wildman–Crippen LogP) is 6.09. The molecule has 34 heavy (non-hydrogen) atoms. The fraction of sp³-hybridized carbons (Fsp3) is 0.269. The van der Waals surface area contributed by atoms with Crippen molar-refractivity contribution in [1.29, 1.82) is 0 Å². The molecule has 2 N–H and O–H groups in total. The smallest absolute Gasteiger partial charge is 0.377 e. The Balaban J connectivity index is 0.00000324. The zero-order valence-electron chi connectivity index (χ0n) is 18.9. The standard InChI is InChI=1S/C26H26F3N3O.ClH/c1-32(2)24-9-4-3-6-19(24)16-30-23-15-22(23)17-10-12-21(13-11-17)31-25(33)18-7-5-8-20(14-18)26(27,28)29;/h3-14,22-23,30H,15-16H2,1-2H3,(H,31,33);1H/t22-,23+;/m0./s1. The molecule has 1 amide bonds. The SMILES string of the molecule is CN(C)c1ccccc1CN[C@@H]1C[C@H]1c1ccc(NC(=O)c2cccc(C(F)(F)F)c2)cc1.Cl.